The largest absolute Gasteiger partial charge is 0.493 e. The van der Waals surface area contributed by atoms with Gasteiger partial charge in [-0.3, -0.25) is 4.90 Å². The lowest BCUT2D eigenvalue weighted by Crippen LogP contribution is -2.53. The number of methoxy groups -OCH3 is 1. The Labute approximate surface area is 124 Å². The quantitative estimate of drug-likeness (QED) is 0.906. The number of halogens is 2. The zero-order valence-corrected chi connectivity index (χ0v) is 12.6. The summed E-state index contributed by atoms with van der Waals surface area (Å²) in [6, 6.07) is 6.02. The van der Waals surface area contributed by atoms with Crippen LogP contribution in [-0.4, -0.2) is 43.8 Å². The molecule has 0 aromatic heterocycles. The summed E-state index contributed by atoms with van der Waals surface area (Å²) in [6.45, 7) is 4.00. The van der Waals surface area contributed by atoms with Gasteiger partial charge in [-0.15, -0.1) is 0 Å². The van der Waals surface area contributed by atoms with Crippen molar-refractivity contribution in [2.45, 2.75) is 39.1 Å². The molecule has 6 heteroatoms. The van der Waals surface area contributed by atoms with Gasteiger partial charge in [0.05, 0.1) is 7.11 Å². The molecule has 0 radical (unpaired) electrons. The Bertz CT molecular complexity index is 461. The molecule has 0 saturated carbocycles. The summed E-state index contributed by atoms with van der Waals surface area (Å²) in [5, 5.41) is 3.47. The predicted molar refractivity (Wildman–Crippen MR) is 77.0 cm³/mol. The molecule has 2 atom stereocenters. The second kappa shape index (κ2) is 7.04. The molecular formula is C15H22F2N2O2. The molecule has 1 aromatic rings. The van der Waals surface area contributed by atoms with Crippen LogP contribution in [0.2, 0.25) is 0 Å². The maximum Gasteiger partial charge on any atom is 0.387 e. The van der Waals surface area contributed by atoms with Gasteiger partial charge in [-0.1, -0.05) is 6.07 Å². The summed E-state index contributed by atoms with van der Waals surface area (Å²) in [5.41, 5.74) is 0.938. The summed E-state index contributed by atoms with van der Waals surface area (Å²) in [6.07, 6.45) is 0. The number of rotatable bonds is 5. The van der Waals surface area contributed by atoms with Crippen molar-refractivity contribution in [3.8, 4) is 11.5 Å². The average Bonchev–Trinajstić information content (AvgIpc) is 2.37. The van der Waals surface area contributed by atoms with E-state index in [2.05, 4.69) is 28.8 Å². The minimum absolute atomic E-state index is 0.0845. The number of alkyl halides is 2. The van der Waals surface area contributed by atoms with Gasteiger partial charge in [-0.2, -0.15) is 8.78 Å². The van der Waals surface area contributed by atoms with Gasteiger partial charge in [-0.25, -0.2) is 0 Å². The monoisotopic (exact) mass is 300 g/mol. The highest BCUT2D eigenvalue weighted by Gasteiger charge is 2.21. The first-order chi connectivity index (χ1) is 9.97. The normalized spacial score (nSPS) is 23.3. The van der Waals surface area contributed by atoms with Crippen LogP contribution in [0.5, 0.6) is 11.5 Å². The Morgan fingerprint density at radius 1 is 1.24 bits per heavy atom. The molecule has 0 bridgehead atoms. The van der Waals surface area contributed by atoms with Crippen LogP contribution in [0.1, 0.15) is 19.4 Å². The molecule has 21 heavy (non-hydrogen) atoms. The number of benzene rings is 1. The van der Waals surface area contributed by atoms with Crippen molar-refractivity contribution in [3.05, 3.63) is 23.8 Å². The van der Waals surface area contributed by atoms with E-state index in [0.717, 1.165) is 18.7 Å². The molecule has 118 valence electrons. The van der Waals surface area contributed by atoms with E-state index in [-0.39, 0.29) is 5.75 Å². The van der Waals surface area contributed by atoms with Gasteiger partial charge < -0.3 is 14.8 Å². The van der Waals surface area contributed by atoms with Crippen LogP contribution in [-0.2, 0) is 6.54 Å². The Hall–Kier alpha value is -1.40. The van der Waals surface area contributed by atoms with Crippen molar-refractivity contribution in [1.82, 2.24) is 10.2 Å². The van der Waals surface area contributed by atoms with Crippen molar-refractivity contribution in [2.24, 2.45) is 0 Å². The Kier molecular flexibility index (Phi) is 5.36. The van der Waals surface area contributed by atoms with Crippen molar-refractivity contribution >= 4 is 0 Å². The average molecular weight is 300 g/mol. The van der Waals surface area contributed by atoms with Gasteiger partial charge in [0.25, 0.3) is 0 Å². The number of nitrogens with zero attached hydrogens (tertiary/aromatic N) is 1. The van der Waals surface area contributed by atoms with E-state index in [9.17, 15) is 8.78 Å². The molecule has 1 N–H and O–H groups in total. The first-order valence-corrected chi connectivity index (χ1v) is 7.08. The van der Waals surface area contributed by atoms with Gasteiger partial charge in [0.2, 0.25) is 0 Å². The summed E-state index contributed by atoms with van der Waals surface area (Å²) in [4.78, 5) is 2.31. The molecule has 2 unspecified atom stereocenters. The first-order valence-electron chi connectivity index (χ1n) is 7.08. The molecule has 0 amide bonds. The topological polar surface area (TPSA) is 33.7 Å². The van der Waals surface area contributed by atoms with E-state index in [1.807, 2.05) is 6.07 Å². The van der Waals surface area contributed by atoms with Crippen LogP contribution < -0.4 is 14.8 Å². The number of hydrogen-bond acceptors (Lipinski definition) is 4. The zero-order chi connectivity index (χ0) is 15.4. The maximum absolute atomic E-state index is 12.4. The lowest BCUT2D eigenvalue weighted by atomic mass is 10.1. The van der Waals surface area contributed by atoms with Crippen LogP contribution in [0.3, 0.4) is 0 Å². The molecule has 1 saturated heterocycles. The molecule has 0 aliphatic carbocycles. The Balaban J connectivity index is 2.09. The third-order valence-electron chi connectivity index (χ3n) is 3.48. The summed E-state index contributed by atoms with van der Waals surface area (Å²) in [5.74, 6) is 0.405. The van der Waals surface area contributed by atoms with E-state index in [1.165, 1.54) is 7.11 Å². The minimum Gasteiger partial charge on any atom is -0.493 e. The summed E-state index contributed by atoms with van der Waals surface area (Å²) >= 11 is 0. The van der Waals surface area contributed by atoms with Gasteiger partial charge >= 0.3 is 6.61 Å². The van der Waals surface area contributed by atoms with Crippen LogP contribution in [0.4, 0.5) is 8.78 Å². The van der Waals surface area contributed by atoms with Crippen molar-refractivity contribution in [2.75, 3.05) is 20.2 Å². The third kappa shape index (κ3) is 4.54. The van der Waals surface area contributed by atoms with E-state index in [4.69, 9.17) is 4.74 Å². The molecule has 2 rings (SSSR count). The Morgan fingerprint density at radius 3 is 2.48 bits per heavy atom. The Morgan fingerprint density at radius 2 is 1.90 bits per heavy atom. The highest BCUT2D eigenvalue weighted by molar-refractivity contribution is 5.43. The second-order valence-electron chi connectivity index (χ2n) is 5.53. The molecule has 1 aromatic carbocycles. The fourth-order valence-electron chi connectivity index (χ4n) is 2.84. The number of piperazine rings is 1. The third-order valence-corrected chi connectivity index (χ3v) is 3.48. The predicted octanol–water partition coefficient (Wildman–Crippen LogP) is 2.48. The van der Waals surface area contributed by atoms with Gasteiger partial charge in [0.15, 0.2) is 11.5 Å². The minimum atomic E-state index is -2.85. The summed E-state index contributed by atoms with van der Waals surface area (Å²) in [7, 11) is 1.44. The number of nitrogens with one attached hydrogen (secondary N) is 1. The SMILES string of the molecule is COc1ccc(CN2CC(C)NC(C)C2)cc1OC(F)F. The van der Waals surface area contributed by atoms with Crippen LogP contribution in [0, 0.1) is 0 Å². The highest BCUT2D eigenvalue weighted by Crippen LogP contribution is 2.30. The molecule has 4 nitrogen and oxygen atoms in total. The number of ether oxygens (including phenoxy) is 2. The van der Waals surface area contributed by atoms with Crippen molar-refractivity contribution in [3.63, 3.8) is 0 Å². The molecule has 1 aliphatic rings. The molecule has 1 aliphatic heterocycles. The molecular weight excluding hydrogens is 278 g/mol. The molecule has 0 spiro atoms. The van der Waals surface area contributed by atoms with E-state index < -0.39 is 6.61 Å². The molecule has 1 fully saturated rings. The lowest BCUT2D eigenvalue weighted by Gasteiger charge is -2.36. The smallest absolute Gasteiger partial charge is 0.387 e. The highest BCUT2D eigenvalue weighted by atomic mass is 19.3. The number of hydrogen-bond donors (Lipinski definition) is 1. The van der Waals surface area contributed by atoms with Crippen LogP contribution >= 0.6 is 0 Å². The maximum atomic E-state index is 12.4. The van der Waals surface area contributed by atoms with Gasteiger partial charge in [0, 0.05) is 31.7 Å². The van der Waals surface area contributed by atoms with Crippen molar-refractivity contribution in [1.29, 1.82) is 0 Å². The van der Waals surface area contributed by atoms with Crippen LogP contribution in [0.15, 0.2) is 18.2 Å². The van der Waals surface area contributed by atoms with Crippen molar-refractivity contribution < 1.29 is 18.3 Å². The van der Waals surface area contributed by atoms with E-state index >= 15 is 0 Å². The zero-order valence-electron chi connectivity index (χ0n) is 12.6. The van der Waals surface area contributed by atoms with E-state index in [1.54, 1.807) is 12.1 Å². The van der Waals surface area contributed by atoms with Gasteiger partial charge in [-0.05, 0) is 31.5 Å². The second-order valence-corrected chi connectivity index (χ2v) is 5.53. The summed E-state index contributed by atoms with van der Waals surface area (Å²) < 4.78 is 34.4. The lowest BCUT2D eigenvalue weighted by molar-refractivity contribution is -0.0512. The standard InChI is InChI=1S/C15H22F2N2O2/c1-10-7-19(8-11(2)18-10)9-12-4-5-13(20-3)14(6-12)21-15(16)17/h4-6,10-11,15,18H,7-9H2,1-3H3. The van der Waals surface area contributed by atoms with Crippen LogP contribution in [0.25, 0.3) is 0 Å². The molecule has 1 heterocycles. The van der Waals surface area contributed by atoms with Gasteiger partial charge in [0.1, 0.15) is 0 Å². The first kappa shape index (κ1) is 16.0. The van der Waals surface area contributed by atoms with E-state index in [0.29, 0.717) is 24.4 Å². The fourth-order valence-corrected chi connectivity index (χ4v) is 2.84. The fraction of sp³-hybridized carbons (Fsp3) is 0.600.